The van der Waals surface area contributed by atoms with Gasteiger partial charge in [0.25, 0.3) is 0 Å². The zero-order valence-corrected chi connectivity index (χ0v) is 11.2. The van der Waals surface area contributed by atoms with E-state index in [1.807, 2.05) is 6.92 Å². The van der Waals surface area contributed by atoms with Gasteiger partial charge in [0.15, 0.2) is 5.82 Å². The molecule has 1 aromatic rings. The van der Waals surface area contributed by atoms with Crippen LogP contribution in [0.3, 0.4) is 0 Å². The Morgan fingerprint density at radius 2 is 2.21 bits per heavy atom. The first-order chi connectivity index (χ1) is 8.93. The van der Waals surface area contributed by atoms with E-state index in [1.54, 1.807) is 13.8 Å². The van der Waals surface area contributed by atoms with Crippen LogP contribution in [0.4, 0.5) is 4.79 Å². The van der Waals surface area contributed by atoms with Gasteiger partial charge in [-0.05, 0) is 20.3 Å². The monoisotopic (exact) mass is 270 g/mol. The molecular formula is C11H18N4O4. The summed E-state index contributed by atoms with van der Waals surface area (Å²) >= 11 is 0. The van der Waals surface area contributed by atoms with Crippen LogP contribution in [0.25, 0.3) is 0 Å². The van der Waals surface area contributed by atoms with Crippen molar-refractivity contribution in [2.75, 3.05) is 6.54 Å². The molecule has 0 aliphatic carbocycles. The average molecular weight is 270 g/mol. The Labute approximate surface area is 110 Å². The van der Waals surface area contributed by atoms with E-state index >= 15 is 0 Å². The second kappa shape index (κ2) is 6.72. The second-order valence-corrected chi connectivity index (χ2v) is 4.17. The Hall–Kier alpha value is -2.12. The van der Waals surface area contributed by atoms with Gasteiger partial charge in [-0.3, -0.25) is 4.79 Å². The normalized spacial score (nSPS) is 11.9. The van der Waals surface area contributed by atoms with Crippen molar-refractivity contribution < 1.29 is 19.2 Å². The molecule has 0 bridgehead atoms. The first kappa shape index (κ1) is 14.9. The van der Waals surface area contributed by atoms with E-state index in [4.69, 9.17) is 9.63 Å². The Morgan fingerprint density at radius 1 is 1.53 bits per heavy atom. The highest BCUT2D eigenvalue weighted by Crippen LogP contribution is 2.04. The van der Waals surface area contributed by atoms with Gasteiger partial charge in [-0.25, -0.2) is 4.79 Å². The van der Waals surface area contributed by atoms with E-state index in [1.165, 1.54) is 4.90 Å². The molecular weight excluding hydrogens is 252 g/mol. The zero-order chi connectivity index (χ0) is 14.4. The third kappa shape index (κ3) is 4.57. The summed E-state index contributed by atoms with van der Waals surface area (Å²) in [5, 5.41) is 15.0. The molecule has 8 heteroatoms. The van der Waals surface area contributed by atoms with Crippen LogP contribution in [0.5, 0.6) is 0 Å². The third-order valence-electron chi connectivity index (χ3n) is 2.65. The van der Waals surface area contributed by atoms with E-state index in [0.29, 0.717) is 12.2 Å². The average Bonchev–Trinajstić information content (AvgIpc) is 2.77. The van der Waals surface area contributed by atoms with Gasteiger partial charge in [0.05, 0.1) is 6.54 Å². The Bertz CT molecular complexity index is 446. The van der Waals surface area contributed by atoms with Crippen molar-refractivity contribution in [2.45, 2.75) is 39.8 Å². The fourth-order valence-corrected chi connectivity index (χ4v) is 1.46. The Balaban J connectivity index is 2.58. The molecule has 106 valence electrons. The molecule has 1 aromatic heterocycles. The number of aryl methyl sites for hydroxylation is 1. The summed E-state index contributed by atoms with van der Waals surface area (Å²) in [5.41, 5.74) is 0. The fourth-order valence-electron chi connectivity index (χ4n) is 1.46. The first-order valence-corrected chi connectivity index (χ1v) is 5.99. The largest absolute Gasteiger partial charge is 0.480 e. The topological polar surface area (TPSA) is 109 Å². The van der Waals surface area contributed by atoms with Gasteiger partial charge in [-0.2, -0.15) is 4.98 Å². The minimum absolute atomic E-state index is 0.0756. The zero-order valence-electron chi connectivity index (χ0n) is 11.2. The summed E-state index contributed by atoms with van der Waals surface area (Å²) in [6.45, 7) is 5.08. The highest BCUT2D eigenvalue weighted by Gasteiger charge is 2.21. The minimum Gasteiger partial charge on any atom is -0.480 e. The lowest BCUT2D eigenvalue weighted by Crippen LogP contribution is -2.47. The van der Waals surface area contributed by atoms with Crippen molar-refractivity contribution in [3.8, 4) is 0 Å². The number of carbonyl (C=O) groups excluding carboxylic acids is 1. The number of nitrogens with one attached hydrogen (secondary N) is 1. The predicted molar refractivity (Wildman–Crippen MR) is 65.4 cm³/mol. The van der Waals surface area contributed by atoms with Gasteiger partial charge in [0.2, 0.25) is 5.89 Å². The van der Waals surface area contributed by atoms with Crippen molar-refractivity contribution in [1.82, 2.24) is 20.4 Å². The van der Waals surface area contributed by atoms with Crippen molar-refractivity contribution in [3.05, 3.63) is 11.7 Å². The molecule has 0 aliphatic heterocycles. The molecule has 0 saturated carbocycles. The van der Waals surface area contributed by atoms with Crippen LogP contribution in [0.2, 0.25) is 0 Å². The van der Waals surface area contributed by atoms with E-state index in [0.717, 1.165) is 0 Å². The summed E-state index contributed by atoms with van der Waals surface area (Å²) in [4.78, 5) is 27.9. The van der Waals surface area contributed by atoms with Crippen LogP contribution in [-0.4, -0.2) is 44.7 Å². The summed E-state index contributed by atoms with van der Waals surface area (Å²) in [6, 6.07) is -0.631. The maximum Gasteiger partial charge on any atom is 0.323 e. The number of carbonyl (C=O) groups is 2. The number of rotatable bonds is 6. The maximum absolute atomic E-state index is 11.9. The number of hydrogen-bond acceptors (Lipinski definition) is 5. The maximum atomic E-state index is 11.9. The molecule has 1 heterocycles. The molecule has 0 aliphatic rings. The van der Waals surface area contributed by atoms with Crippen molar-refractivity contribution in [2.24, 2.45) is 0 Å². The van der Waals surface area contributed by atoms with Crippen LogP contribution in [0.1, 0.15) is 32.0 Å². The van der Waals surface area contributed by atoms with Gasteiger partial charge >= 0.3 is 12.0 Å². The summed E-state index contributed by atoms with van der Waals surface area (Å²) in [7, 11) is 0. The molecule has 19 heavy (non-hydrogen) atoms. The van der Waals surface area contributed by atoms with Crippen LogP contribution in [-0.2, 0) is 11.3 Å². The van der Waals surface area contributed by atoms with Gasteiger partial charge < -0.3 is 19.8 Å². The van der Waals surface area contributed by atoms with Crippen LogP contribution in [0, 0.1) is 6.92 Å². The Morgan fingerprint density at radius 3 is 2.68 bits per heavy atom. The van der Waals surface area contributed by atoms with E-state index < -0.39 is 12.0 Å². The first-order valence-electron chi connectivity index (χ1n) is 5.99. The van der Waals surface area contributed by atoms with Crippen LogP contribution < -0.4 is 5.32 Å². The summed E-state index contributed by atoms with van der Waals surface area (Å²) in [5.74, 6) is -0.289. The lowest BCUT2D eigenvalue weighted by atomic mass is 10.2. The highest BCUT2D eigenvalue weighted by molar-refractivity contribution is 5.80. The molecule has 2 amide bonds. The number of aromatic nitrogens is 2. The van der Waals surface area contributed by atoms with Gasteiger partial charge in [0, 0.05) is 6.04 Å². The van der Waals surface area contributed by atoms with Crippen molar-refractivity contribution >= 4 is 12.0 Å². The summed E-state index contributed by atoms with van der Waals surface area (Å²) in [6.07, 6.45) is 0.667. The second-order valence-electron chi connectivity index (χ2n) is 4.17. The fraction of sp³-hybridized carbons (Fsp3) is 0.636. The number of carboxylic acid groups (broad SMARTS) is 1. The van der Waals surface area contributed by atoms with E-state index in [-0.39, 0.29) is 25.0 Å². The molecule has 8 nitrogen and oxygen atoms in total. The molecule has 1 rings (SSSR count). The lowest BCUT2D eigenvalue weighted by Gasteiger charge is -2.26. The van der Waals surface area contributed by atoms with Crippen LogP contribution in [0.15, 0.2) is 4.52 Å². The van der Waals surface area contributed by atoms with Crippen molar-refractivity contribution in [1.29, 1.82) is 0 Å². The molecule has 1 atom stereocenters. The van der Waals surface area contributed by atoms with Gasteiger partial charge in [-0.15, -0.1) is 0 Å². The molecule has 0 aromatic carbocycles. The number of carboxylic acids is 1. The molecule has 0 radical (unpaired) electrons. The lowest BCUT2D eigenvalue weighted by molar-refractivity contribution is -0.138. The number of hydrogen-bond donors (Lipinski definition) is 2. The van der Waals surface area contributed by atoms with E-state index in [2.05, 4.69) is 15.5 Å². The third-order valence-corrected chi connectivity index (χ3v) is 2.65. The minimum atomic E-state index is -1.05. The number of urea groups is 1. The van der Waals surface area contributed by atoms with Gasteiger partial charge in [-0.1, -0.05) is 12.1 Å². The predicted octanol–water partition coefficient (Wildman–Crippen LogP) is 0.773. The molecule has 0 spiro atoms. The van der Waals surface area contributed by atoms with Crippen molar-refractivity contribution in [3.63, 3.8) is 0 Å². The molecule has 1 unspecified atom stereocenters. The Kier molecular flexibility index (Phi) is 5.28. The molecule has 0 fully saturated rings. The quantitative estimate of drug-likeness (QED) is 0.790. The highest BCUT2D eigenvalue weighted by atomic mass is 16.5. The number of amides is 2. The molecule has 2 N–H and O–H groups in total. The van der Waals surface area contributed by atoms with Crippen LogP contribution >= 0.6 is 0 Å². The SMILES string of the molecule is CCC(C)N(CC(=O)O)C(=O)NCc1nc(C)no1. The molecule has 0 saturated heterocycles. The number of nitrogens with zero attached hydrogens (tertiary/aromatic N) is 3. The number of aliphatic carboxylic acids is 1. The van der Waals surface area contributed by atoms with E-state index in [9.17, 15) is 9.59 Å². The van der Waals surface area contributed by atoms with Gasteiger partial charge in [0.1, 0.15) is 6.54 Å². The summed E-state index contributed by atoms with van der Waals surface area (Å²) < 4.78 is 4.85. The smallest absolute Gasteiger partial charge is 0.323 e. The standard InChI is InChI=1S/C11H18N4O4/c1-4-7(2)15(6-10(16)17)11(18)12-5-9-13-8(3)14-19-9/h7H,4-6H2,1-3H3,(H,12,18)(H,16,17).